The number of carbonyl (C=O) groups is 1. The molecule has 2 aromatic rings. The molecule has 1 aliphatic rings. The molecule has 0 radical (unpaired) electrons. The zero-order chi connectivity index (χ0) is 17.6. The fourth-order valence-electron chi connectivity index (χ4n) is 3.17. The summed E-state index contributed by atoms with van der Waals surface area (Å²) in [6.45, 7) is 3.68. The van der Waals surface area contributed by atoms with Gasteiger partial charge in [0.25, 0.3) is 0 Å². The molecule has 134 valence electrons. The molecule has 0 bridgehead atoms. The lowest BCUT2D eigenvalue weighted by molar-refractivity contribution is -0.136. The van der Waals surface area contributed by atoms with Gasteiger partial charge in [0, 0.05) is 38.6 Å². The van der Waals surface area contributed by atoms with E-state index in [1.807, 2.05) is 35.2 Å². The van der Waals surface area contributed by atoms with Gasteiger partial charge in [-0.05, 0) is 30.9 Å². The van der Waals surface area contributed by atoms with E-state index in [0.29, 0.717) is 43.5 Å². The van der Waals surface area contributed by atoms with Crippen LogP contribution in [0.2, 0.25) is 0 Å². The summed E-state index contributed by atoms with van der Waals surface area (Å²) in [4.78, 5) is 14.3. The molecule has 0 saturated carbocycles. The van der Waals surface area contributed by atoms with Crippen LogP contribution >= 0.6 is 0 Å². The van der Waals surface area contributed by atoms with Crippen molar-refractivity contribution in [1.29, 1.82) is 0 Å². The van der Waals surface area contributed by atoms with Crippen molar-refractivity contribution in [2.75, 3.05) is 20.2 Å². The molecule has 0 unspecified atom stereocenters. The van der Waals surface area contributed by atoms with Gasteiger partial charge in [0.05, 0.1) is 6.10 Å². The predicted octanol–water partition coefficient (Wildman–Crippen LogP) is 2.94. The highest BCUT2D eigenvalue weighted by Crippen LogP contribution is 2.21. The minimum Gasteiger partial charge on any atom is -0.421 e. The third-order valence-electron chi connectivity index (χ3n) is 4.81. The van der Waals surface area contributed by atoms with Crippen LogP contribution in [0.25, 0.3) is 11.5 Å². The molecule has 1 amide bonds. The number of carbonyl (C=O) groups excluding carboxylic acids is 1. The van der Waals surface area contributed by atoms with Crippen molar-refractivity contribution in [3.63, 3.8) is 0 Å². The molecule has 1 aromatic carbocycles. The molecule has 1 aromatic heterocycles. The van der Waals surface area contributed by atoms with E-state index >= 15 is 0 Å². The molecule has 25 heavy (non-hydrogen) atoms. The summed E-state index contributed by atoms with van der Waals surface area (Å²) in [6, 6.07) is 9.69. The van der Waals surface area contributed by atoms with E-state index in [1.54, 1.807) is 7.11 Å². The second-order valence-electron chi connectivity index (χ2n) is 6.60. The highest BCUT2D eigenvalue weighted by Gasteiger charge is 2.28. The number of methoxy groups -OCH3 is 1. The van der Waals surface area contributed by atoms with Gasteiger partial charge in [0.2, 0.25) is 17.7 Å². The summed E-state index contributed by atoms with van der Waals surface area (Å²) < 4.78 is 11.2. The summed E-state index contributed by atoms with van der Waals surface area (Å²) in [5.74, 6) is 1.78. The Morgan fingerprint density at radius 2 is 2.12 bits per heavy atom. The molecule has 6 nitrogen and oxygen atoms in total. The fourth-order valence-corrected chi connectivity index (χ4v) is 3.17. The van der Waals surface area contributed by atoms with Crippen LogP contribution in [0, 0.1) is 5.92 Å². The van der Waals surface area contributed by atoms with Crippen molar-refractivity contribution in [2.45, 2.75) is 38.7 Å². The highest BCUT2D eigenvalue weighted by molar-refractivity contribution is 5.76. The molecular weight excluding hydrogens is 318 g/mol. The second-order valence-corrected chi connectivity index (χ2v) is 6.60. The topological polar surface area (TPSA) is 68.5 Å². The minimum atomic E-state index is 0.141. The van der Waals surface area contributed by atoms with Crippen LogP contribution in [0.4, 0.5) is 0 Å². The SMILES string of the molecule is CO[C@@H]1CN(C(=O)CCCc2nnc(-c3ccccc3)o2)CC[C@@H]1C. The van der Waals surface area contributed by atoms with E-state index in [1.165, 1.54) is 0 Å². The average molecular weight is 343 g/mol. The van der Waals surface area contributed by atoms with Gasteiger partial charge in [-0.25, -0.2) is 0 Å². The lowest BCUT2D eigenvalue weighted by Crippen LogP contribution is -2.46. The molecule has 3 rings (SSSR count). The minimum absolute atomic E-state index is 0.141. The Balaban J connectivity index is 1.47. The first-order valence-corrected chi connectivity index (χ1v) is 8.85. The lowest BCUT2D eigenvalue weighted by Gasteiger charge is -2.36. The van der Waals surface area contributed by atoms with Crippen LogP contribution < -0.4 is 0 Å². The maximum absolute atomic E-state index is 12.4. The summed E-state index contributed by atoms with van der Waals surface area (Å²) in [5.41, 5.74) is 0.908. The number of ether oxygens (including phenoxy) is 1. The Labute approximate surface area is 148 Å². The molecule has 6 heteroatoms. The Kier molecular flexibility index (Phi) is 5.81. The van der Waals surface area contributed by atoms with E-state index in [4.69, 9.17) is 9.15 Å². The van der Waals surface area contributed by atoms with Gasteiger partial charge in [-0.1, -0.05) is 25.1 Å². The van der Waals surface area contributed by atoms with Crippen LogP contribution in [-0.4, -0.2) is 47.3 Å². The first kappa shape index (κ1) is 17.6. The molecule has 0 N–H and O–H groups in total. The molecule has 1 fully saturated rings. The molecule has 0 aliphatic carbocycles. The summed E-state index contributed by atoms with van der Waals surface area (Å²) in [5, 5.41) is 8.15. The Bertz CT molecular complexity index is 686. The highest BCUT2D eigenvalue weighted by atomic mass is 16.5. The van der Waals surface area contributed by atoms with Gasteiger partial charge in [-0.3, -0.25) is 4.79 Å². The smallest absolute Gasteiger partial charge is 0.247 e. The van der Waals surface area contributed by atoms with E-state index in [-0.39, 0.29) is 12.0 Å². The fraction of sp³-hybridized carbons (Fsp3) is 0.526. The predicted molar refractivity (Wildman–Crippen MR) is 93.8 cm³/mol. The van der Waals surface area contributed by atoms with Crippen molar-refractivity contribution < 1.29 is 13.9 Å². The van der Waals surface area contributed by atoms with Crippen molar-refractivity contribution in [3.8, 4) is 11.5 Å². The molecule has 0 spiro atoms. The first-order chi connectivity index (χ1) is 12.2. The van der Waals surface area contributed by atoms with Gasteiger partial charge in [0.1, 0.15) is 0 Å². The number of likely N-dealkylation sites (tertiary alicyclic amines) is 1. The van der Waals surface area contributed by atoms with Gasteiger partial charge in [0.15, 0.2) is 0 Å². The van der Waals surface area contributed by atoms with Crippen LogP contribution in [-0.2, 0) is 16.0 Å². The summed E-state index contributed by atoms with van der Waals surface area (Å²) in [7, 11) is 1.72. The Hall–Kier alpha value is -2.21. The number of hydrogen-bond acceptors (Lipinski definition) is 5. The number of nitrogens with zero attached hydrogens (tertiary/aromatic N) is 3. The van der Waals surface area contributed by atoms with Gasteiger partial charge >= 0.3 is 0 Å². The van der Waals surface area contributed by atoms with E-state index in [2.05, 4.69) is 17.1 Å². The number of piperidine rings is 1. The Morgan fingerprint density at radius 3 is 2.88 bits per heavy atom. The van der Waals surface area contributed by atoms with Crippen LogP contribution in [0.5, 0.6) is 0 Å². The standard InChI is InChI=1S/C19H25N3O3/c1-14-11-12-22(13-16(14)24-2)18(23)10-6-9-17-20-21-19(25-17)15-7-4-3-5-8-15/h3-5,7-8,14,16H,6,9-13H2,1-2H3/t14-,16+/m0/s1. The van der Waals surface area contributed by atoms with Crippen LogP contribution in [0.3, 0.4) is 0 Å². The molecule has 2 heterocycles. The number of rotatable bonds is 6. The van der Waals surface area contributed by atoms with Crippen molar-refractivity contribution in [3.05, 3.63) is 36.2 Å². The monoisotopic (exact) mass is 343 g/mol. The van der Waals surface area contributed by atoms with Gasteiger partial charge in [-0.15, -0.1) is 10.2 Å². The number of aryl methyl sites for hydroxylation is 1. The van der Waals surface area contributed by atoms with E-state index in [9.17, 15) is 4.79 Å². The summed E-state index contributed by atoms with van der Waals surface area (Å²) in [6.07, 6.45) is 2.95. The third-order valence-corrected chi connectivity index (χ3v) is 4.81. The van der Waals surface area contributed by atoms with Gasteiger partial charge in [-0.2, -0.15) is 0 Å². The second kappa shape index (κ2) is 8.25. The largest absolute Gasteiger partial charge is 0.421 e. The normalized spacial score (nSPS) is 20.6. The van der Waals surface area contributed by atoms with E-state index in [0.717, 1.165) is 18.5 Å². The van der Waals surface area contributed by atoms with Crippen LogP contribution in [0.1, 0.15) is 32.1 Å². The van der Waals surface area contributed by atoms with Crippen molar-refractivity contribution in [1.82, 2.24) is 15.1 Å². The van der Waals surface area contributed by atoms with E-state index < -0.39 is 0 Å². The molecule has 1 aliphatic heterocycles. The van der Waals surface area contributed by atoms with Crippen LogP contribution in [0.15, 0.2) is 34.7 Å². The molecule has 2 atom stereocenters. The zero-order valence-electron chi connectivity index (χ0n) is 14.9. The number of amides is 1. The van der Waals surface area contributed by atoms with Crippen molar-refractivity contribution >= 4 is 5.91 Å². The number of hydrogen-bond donors (Lipinski definition) is 0. The third kappa shape index (κ3) is 4.45. The van der Waals surface area contributed by atoms with Gasteiger partial charge < -0.3 is 14.1 Å². The molecular formula is C19H25N3O3. The maximum Gasteiger partial charge on any atom is 0.247 e. The lowest BCUT2D eigenvalue weighted by atomic mass is 9.95. The van der Waals surface area contributed by atoms with Crippen molar-refractivity contribution in [2.24, 2.45) is 5.92 Å². The average Bonchev–Trinajstić information content (AvgIpc) is 3.11. The number of aromatic nitrogens is 2. The quantitative estimate of drug-likeness (QED) is 0.806. The summed E-state index contributed by atoms with van der Waals surface area (Å²) >= 11 is 0. The maximum atomic E-state index is 12.4. The first-order valence-electron chi connectivity index (χ1n) is 8.85. The molecule has 1 saturated heterocycles. The number of benzene rings is 1. The Morgan fingerprint density at radius 1 is 1.32 bits per heavy atom. The zero-order valence-corrected chi connectivity index (χ0v) is 14.9.